The van der Waals surface area contributed by atoms with Crippen LogP contribution in [0.25, 0.3) is 33.6 Å². The highest BCUT2D eigenvalue weighted by atomic mass is 16.5. The van der Waals surface area contributed by atoms with E-state index in [2.05, 4.69) is 34.2 Å². The van der Waals surface area contributed by atoms with E-state index < -0.39 is 12.0 Å². The lowest BCUT2D eigenvalue weighted by atomic mass is 10.0. The molecule has 0 saturated carbocycles. The minimum absolute atomic E-state index is 0.00227. The van der Waals surface area contributed by atoms with Gasteiger partial charge in [-0.25, -0.2) is 14.8 Å². The Hall–Kier alpha value is -6.37. The average Bonchev–Trinajstić information content (AvgIpc) is 4.11. The molecule has 4 atom stereocenters. The molecule has 12 heteroatoms. The fourth-order valence-electron chi connectivity index (χ4n) is 8.97. The summed E-state index contributed by atoms with van der Waals surface area (Å²) >= 11 is 0. The number of nitrogens with one attached hydrogen (secondary N) is 2. The van der Waals surface area contributed by atoms with Gasteiger partial charge in [-0.05, 0) is 88.6 Å². The second-order valence-corrected chi connectivity index (χ2v) is 16.3. The molecule has 0 bridgehead atoms. The lowest BCUT2D eigenvalue weighted by molar-refractivity contribution is -0.138. The lowest BCUT2D eigenvalue weighted by Gasteiger charge is -2.31. The van der Waals surface area contributed by atoms with Crippen molar-refractivity contribution in [2.75, 3.05) is 47.9 Å². The first kappa shape index (κ1) is 41.4. The van der Waals surface area contributed by atoms with Crippen molar-refractivity contribution in [2.45, 2.75) is 56.8 Å². The van der Waals surface area contributed by atoms with Gasteiger partial charge in [-0.15, -0.1) is 0 Å². The molecule has 314 valence electrons. The smallest absolute Gasteiger partial charge is 0.359 e. The summed E-state index contributed by atoms with van der Waals surface area (Å²) in [7, 11) is 7.73. The second-order valence-electron chi connectivity index (χ2n) is 16.3. The number of hydrogen-bond acceptors (Lipinski definition) is 8. The van der Waals surface area contributed by atoms with Crippen LogP contribution < -0.4 is 0 Å². The van der Waals surface area contributed by atoms with Crippen molar-refractivity contribution in [2.24, 2.45) is 0 Å². The summed E-state index contributed by atoms with van der Waals surface area (Å²) in [5.74, 6) is 0.954. The number of imidazole rings is 2. The molecule has 2 N–H and O–H groups in total. The predicted octanol–water partition coefficient (Wildman–Crippen LogP) is 8.24. The molecule has 2 aliphatic heterocycles. The van der Waals surface area contributed by atoms with Crippen LogP contribution in [0.3, 0.4) is 0 Å². The highest BCUT2D eigenvalue weighted by Gasteiger charge is 2.39. The Morgan fingerprint density at radius 3 is 1.62 bits per heavy atom. The summed E-state index contributed by atoms with van der Waals surface area (Å²) in [5, 5.41) is 0. The van der Waals surface area contributed by atoms with Crippen molar-refractivity contribution in [1.29, 1.82) is 0 Å². The molecule has 0 radical (unpaired) electrons. The number of carbonyl (C=O) groups is 3. The average molecular weight is 819 g/mol. The molecule has 4 heterocycles. The van der Waals surface area contributed by atoms with Crippen LogP contribution in [0.1, 0.15) is 90.0 Å². The van der Waals surface area contributed by atoms with Gasteiger partial charge in [0.05, 0.1) is 36.3 Å². The lowest BCUT2D eigenvalue weighted by Crippen LogP contribution is -2.40. The van der Waals surface area contributed by atoms with Crippen LogP contribution >= 0.6 is 0 Å². The SMILES string of the molecule is CCOC(=O)c1nc([C@@H]2CCCN2C(=O)[C@@H](c2ccccc2)N(C)C)[nH]c1-c1ccc(-c2ccc(-c3cnc([C@@H]4CCCN4C(=O)[C@@H](c4ccccc4)N(C)C)[nH]3)cc2)cc1. The van der Waals surface area contributed by atoms with Crippen LogP contribution in [0.4, 0.5) is 0 Å². The Bertz CT molecular complexity index is 2440. The van der Waals surface area contributed by atoms with Crippen LogP contribution in [0, 0.1) is 0 Å². The summed E-state index contributed by atoms with van der Waals surface area (Å²) in [4.78, 5) is 65.8. The molecular formula is C49H54N8O4. The minimum atomic E-state index is -0.509. The van der Waals surface area contributed by atoms with E-state index in [4.69, 9.17) is 14.7 Å². The third-order valence-electron chi connectivity index (χ3n) is 11.9. The molecule has 2 aliphatic rings. The van der Waals surface area contributed by atoms with Crippen LogP contribution in [0.15, 0.2) is 115 Å². The molecular weight excluding hydrogens is 765 g/mol. The maximum Gasteiger partial charge on any atom is 0.359 e. The summed E-state index contributed by atoms with van der Waals surface area (Å²) in [6.45, 7) is 3.30. The van der Waals surface area contributed by atoms with Gasteiger partial charge in [0.15, 0.2) is 5.69 Å². The zero-order chi connectivity index (χ0) is 42.6. The number of carbonyl (C=O) groups excluding carboxylic acids is 3. The number of aromatic nitrogens is 4. The predicted molar refractivity (Wildman–Crippen MR) is 236 cm³/mol. The molecule has 2 amide bonds. The van der Waals surface area contributed by atoms with Gasteiger partial charge < -0.3 is 24.5 Å². The van der Waals surface area contributed by atoms with Crippen molar-refractivity contribution >= 4 is 17.8 Å². The van der Waals surface area contributed by atoms with E-state index in [1.54, 1.807) is 6.92 Å². The normalized spacial score (nSPS) is 17.6. The molecule has 2 aromatic heterocycles. The molecule has 0 aliphatic carbocycles. The molecule has 2 saturated heterocycles. The van der Waals surface area contributed by atoms with Gasteiger partial charge in [0.25, 0.3) is 0 Å². The highest BCUT2D eigenvalue weighted by Crippen LogP contribution is 2.38. The van der Waals surface area contributed by atoms with Crippen molar-refractivity contribution in [1.82, 2.24) is 39.5 Å². The zero-order valence-corrected chi connectivity index (χ0v) is 35.5. The molecule has 8 rings (SSSR count). The van der Waals surface area contributed by atoms with Crippen LogP contribution in [0.5, 0.6) is 0 Å². The van der Waals surface area contributed by atoms with Crippen molar-refractivity contribution in [3.05, 3.63) is 144 Å². The topological polar surface area (TPSA) is 131 Å². The highest BCUT2D eigenvalue weighted by molar-refractivity contribution is 5.94. The Morgan fingerprint density at radius 2 is 1.13 bits per heavy atom. The summed E-state index contributed by atoms with van der Waals surface area (Å²) < 4.78 is 5.45. The van der Waals surface area contributed by atoms with E-state index in [0.717, 1.165) is 70.6 Å². The number of likely N-dealkylation sites (N-methyl/N-ethyl adjacent to an activating group) is 2. The van der Waals surface area contributed by atoms with Crippen LogP contribution in [0.2, 0.25) is 0 Å². The van der Waals surface area contributed by atoms with Gasteiger partial charge in [-0.3, -0.25) is 19.4 Å². The quantitative estimate of drug-likeness (QED) is 0.112. The van der Waals surface area contributed by atoms with E-state index in [0.29, 0.717) is 24.6 Å². The number of likely N-dealkylation sites (tertiary alicyclic amines) is 2. The van der Waals surface area contributed by atoms with Crippen LogP contribution in [-0.4, -0.2) is 105 Å². The number of nitrogens with zero attached hydrogens (tertiary/aromatic N) is 6. The number of esters is 1. The van der Waals surface area contributed by atoms with Gasteiger partial charge >= 0.3 is 5.97 Å². The number of aromatic amines is 2. The van der Waals surface area contributed by atoms with E-state index >= 15 is 0 Å². The summed E-state index contributed by atoms with van der Waals surface area (Å²) in [6, 6.07) is 34.8. The van der Waals surface area contributed by atoms with Gasteiger partial charge in [-0.1, -0.05) is 109 Å². The number of rotatable bonds is 13. The van der Waals surface area contributed by atoms with Crippen LogP contribution in [-0.2, 0) is 14.3 Å². The Morgan fingerprint density at radius 1 is 0.656 bits per heavy atom. The molecule has 4 aromatic carbocycles. The summed E-state index contributed by atoms with van der Waals surface area (Å²) in [6.07, 6.45) is 5.19. The third-order valence-corrected chi connectivity index (χ3v) is 11.9. The Kier molecular flexibility index (Phi) is 12.3. The first-order chi connectivity index (χ1) is 29.6. The molecule has 61 heavy (non-hydrogen) atoms. The number of hydrogen-bond donors (Lipinski definition) is 2. The first-order valence-corrected chi connectivity index (χ1v) is 21.2. The van der Waals surface area contributed by atoms with Gasteiger partial charge in [0.1, 0.15) is 23.7 Å². The number of H-pyrrole nitrogens is 2. The Labute approximate surface area is 357 Å². The number of benzene rings is 4. The molecule has 0 spiro atoms. The fourth-order valence-corrected chi connectivity index (χ4v) is 8.97. The number of amides is 2. The van der Waals surface area contributed by atoms with Gasteiger partial charge in [-0.2, -0.15) is 0 Å². The molecule has 0 unspecified atom stereocenters. The standard InChI is InChI=1S/C49H54N8O4/c1-6-61-49(60)42-41(52-46(53-42)40-20-14-30-57(40)48(59)44(55(4)5)37-17-11-8-12-18-37)35-27-23-33(24-28-35)32-21-25-34(26-22-32)38-31-50-45(51-38)39-19-13-29-56(39)47(58)43(54(2)3)36-15-9-7-10-16-36/h7-12,15-18,21-28,31,39-40,43-44H,6,13-14,19-20,29-30H2,1-5H3,(H,50,51)(H,52,53)/t39-,40-,43+,44+/m0/s1. The van der Waals surface area contributed by atoms with Crippen molar-refractivity contribution < 1.29 is 19.1 Å². The maximum atomic E-state index is 14.1. The molecule has 6 aromatic rings. The van der Waals surface area contributed by atoms with Gasteiger partial charge in [0, 0.05) is 18.7 Å². The monoisotopic (exact) mass is 818 g/mol. The zero-order valence-electron chi connectivity index (χ0n) is 35.5. The van der Waals surface area contributed by atoms with E-state index in [1.807, 2.05) is 139 Å². The second kappa shape index (κ2) is 18.1. The largest absolute Gasteiger partial charge is 0.461 e. The first-order valence-electron chi connectivity index (χ1n) is 21.2. The van der Waals surface area contributed by atoms with Crippen molar-refractivity contribution in [3.63, 3.8) is 0 Å². The van der Waals surface area contributed by atoms with E-state index in [-0.39, 0.29) is 42.2 Å². The fraction of sp³-hybridized carbons (Fsp3) is 0.327. The minimum Gasteiger partial charge on any atom is -0.461 e. The summed E-state index contributed by atoms with van der Waals surface area (Å²) in [5.41, 5.74) is 7.40. The van der Waals surface area contributed by atoms with E-state index in [1.165, 1.54) is 0 Å². The molecule has 12 nitrogen and oxygen atoms in total. The Balaban J connectivity index is 0.991. The van der Waals surface area contributed by atoms with E-state index in [9.17, 15) is 14.4 Å². The number of ether oxygens (including phenoxy) is 1. The molecule has 2 fully saturated rings. The van der Waals surface area contributed by atoms with Gasteiger partial charge in [0.2, 0.25) is 11.8 Å². The van der Waals surface area contributed by atoms with Crippen molar-refractivity contribution in [3.8, 4) is 33.6 Å². The maximum absolute atomic E-state index is 14.1. The third kappa shape index (κ3) is 8.51.